The van der Waals surface area contributed by atoms with Gasteiger partial charge in [-0.05, 0) is 66.9 Å². The minimum Gasteiger partial charge on any atom is -0.508 e. The summed E-state index contributed by atoms with van der Waals surface area (Å²) in [5.74, 6) is -0.0594. The molecule has 6 nitrogen and oxygen atoms in total. The molecule has 154 valence electrons. The Balaban J connectivity index is 1.88. The number of carbonyl (C=O) groups is 2. The molecule has 3 aromatic carbocycles. The van der Waals surface area contributed by atoms with E-state index >= 15 is 0 Å². The largest absolute Gasteiger partial charge is 0.508 e. The first kappa shape index (κ1) is 20.9. The van der Waals surface area contributed by atoms with E-state index in [1.807, 2.05) is 32.0 Å². The van der Waals surface area contributed by atoms with E-state index in [9.17, 15) is 14.7 Å². The number of phenols is 1. The zero-order chi connectivity index (χ0) is 21.7. The SMILES string of the molecule is COc1ccc(C(=O)NC(C(=O)Nc2c(C)cccc2C)c2ccc(O)cc2)cc1. The van der Waals surface area contributed by atoms with Crippen molar-refractivity contribution in [2.24, 2.45) is 0 Å². The molecular formula is C24H24N2O4. The molecule has 0 saturated carbocycles. The fourth-order valence-corrected chi connectivity index (χ4v) is 3.13. The average Bonchev–Trinajstić information content (AvgIpc) is 2.75. The van der Waals surface area contributed by atoms with Crippen LogP contribution in [-0.4, -0.2) is 24.0 Å². The Bertz CT molecular complexity index is 1020. The number of anilines is 1. The Kier molecular flexibility index (Phi) is 6.37. The van der Waals surface area contributed by atoms with Crippen LogP contribution < -0.4 is 15.4 Å². The number of para-hydroxylation sites is 1. The maximum Gasteiger partial charge on any atom is 0.252 e. The van der Waals surface area contributed by atoms with Crippen molar-refractivity contribution >= 4 is 17.5 Å². The van der Waals surface area contributed by atoms with E-state index in [-0.39, 0.29) is 11.7 Å². The molecule has 0 fully saturated rings. The fraction of sp³-hybridized carbons (Fsp3) is 0.167. The molecular weight excluding hydrogens is 380 g/mol. The van der Waals surface area contributed by atoms with Crippen LogP contribution in [0.2, 0.25) is 0 Å². The van der Waals surface area contributed by atoms with Gasteiger partial charge in [0.05, 0.1) is 7.11 Å². The van der Waals surface area contributed by atoms with Crippen LogP contribution >= 0.6 is 0 Å². The van der Waals surface area contributed by atoms with Crippen LogP contribution in [0.25, 0.3) is 0 Å². The van der Waals surface area contributed by atoms with Crippen LogP contribution in [0, 0.1) is 13.8 Å². The Morgan fingerprint density at radius 2 is 1.50 bits per heavy atom. The van der Waals surface area contributed by atoms with Crippen molar-refractivity contribution in [2.45, 2.75) is 19.9 Å². The van der Waals surface area contributed by atoms with Crippen LogP contribution in [0.5, 0.6) is 11.5 Å². The van der Waals surface area contributed by atoms with Gasteiger partial charge in [0.15, 0.2) is 0 Å². The molecule has 2 amide bonds. The van der Waals surface area contributed by atoms with Gasteiger partial charge in [0, 0.05) is 11.3 Å². The quantitative estimate of drug-likeness (QED) is 0.577. The van der Waals surface area contributed by atoms with Crippen LogP contribution in [0.4, 0.5) is 5.69 Å². The summed E-state index contributed by atoms with van der Waals surface area (Å²) in [6.45, 7) is 3.82. The molecule has 6 heteroatoms. The summed E-state index contributed by atoms with van der Waals surface area (Å²) in [6, 6.07) is 17.6. The number of hydrogen-bond acceptors (Lipinski definition) is 4. The van der Waals surface area contributed by atoms with Gasteiger partial charge < -0.3 is 20.5 Å². The number of aromatic hydroxyl groups is 1. The second kappa shape index (κ2) is 9.13. The molecule has 0 heterocycles. The third-order valence-electron chi connectivity index (χ3n) is 4.85. The molecule has 0 saturated heterocycles. The third-order valence-corrected chi connectivity index (χ3v) is 4.85. The Morgan fingerprint density at radius 3 is 2.07 bits per heavy atom. The summed E-state index contributed by atoms with van der Waals surface area (Å²) in [5.41, 5.74) is 3.52. The number of aryl methyl sites for hydroxylation is 2. The average molecular weight is 404 g/mol. The predicted octanol–water partition coefficient (Wildman–Crippen LogP) is 4.13. The van der Waals surface area contributed by atoms with E-state index < -0.39 is 11.9 Å². The minimum atomic E-state index is -0.945. The van der Waals surface area contributed by atoms with Crippen molar-refractivity contribution in [3.05, 3.63) is 89.0 Å². The van der Waals surface area contributed by atoms with Crippen LogP contribution in [-0.2, 0) is 4.79 Å². The smallest absolute Gasteiger partial charge is 0.252 e. The van der Waals surface area contributed by atoms with Gasteiger partial charge in [-0.3, -0.25) is 9.59 Å². The summed E-state index contributed by atoms with van der Waals surface area (Å²) >= 11 is 0. The molecule has 0 spiro atoms. The van der Waals surface area contributed by atoms with Crippen molar-refractivity contribution < 1.29 is 19.4 Å². The van der Waals surface area contributed by atoms with Crippen LogP contribution in [0.1, 0.15) is 33.1 Å². The highest BCUT2D eigenvalue weighted by atomic mass is 16.5. The Hall–Kier alpha value is -3.80. The van der Waals surface area contributed by atoms with E-state index in [0.717, 1.165) is 11.1 Å². The second-order valence-electron chi connectivity index (χ2n) is 6.98. The number of ether oxygens (including phenoxy) is 1. The maximum absolute atomic E-state index is 13.2. The zero-order valence-corrected chi connectivity index (χ0v) is 17.1. The minimum absolute atomic E-state index is 0.0779. The van der Waals surface area contributed by atoms with E-state index in [2.05, 4.69) is 10.6 Å². The third kappa shape index (κ3) is 4.78. The lowest BCUT2D eigenvalue weighted by Crippen LogP contribution is -2.37. The molecule has 3 aromatic rings. The first-order valence-electron chi connectivity index (χ1n) is 9.50. The molecule has 0 radical (unpaired) electrons. The van der Waals surface area contributed by atoms with Crippen molar-refractivity contribution in [3.8, 4) is 11.5 Å². The van der Waals surface area contributed by atoms with Crippen molar-refractivity contribution in [2.75, 3.05) is 12.4 Å². The monoisotopic (exact) mass is 404 g/mol. The topological polar surface area (TPSA) is 87.7 Å². The van der Waals surface area contributed by atoms with Gasteiger partial charge in [0.2, 0.25) is 0 Å². The van der Waals surface area contributed by atoms with Gasteiger partial charge in [-0.15, -0.1) is 0 Å². The number of methoxy groups -OCH3 is 1. The number of nitrogens with one attached hydrogen (secondary N) is 2. The number of carbonyl (C=O) groups excluding carboxylic acids is 2. The highest BCUT2D eigenvalue weighted by molar-refractivity contribution is 6.02. The van der Waals surface area contributed by atoms with E-state index in [1.165, 1.54) is 12.1 Å². The number of benzene rings is 3. The molecule has 0 aromatic heterocycles. The number of hydrogen-bond donors (Lipinski definition) is 3. The second-order valence-corrected chi connectivity index (χ2v) is 6.98. The van der Waals surface area contributed by atoms with Gasteiger partial charge in [-0.2, -0.15) is 0 Å². The highest BCUT2D eigenvalue weighted by Gasteiger charge is 2.24. The van der Waals surface area contributed by atoms with E-state index in [1.54, 1.807) is 43.5 Å². The van der Waals surface area contributed by atoms with Gasteiger partial charge in [0.25, 0.3) is 11.8 Å². The first-order valence-corrected chi connectivity index (χ1v) is 9.50. The van der Waals surface area contributed by atoms with Gasteiger partial charge in [-0.1, -0.05) is 30.3 Å². The zero-order valence-electron chi connectivity index (χ0n) is 17.1. The van der Waals surface area contributed by atoms with E-state index in [4.69, 9.17) is 4.74 Å². The normalized spacial score (nSPS) is 11.4. The molecule has 0 aliphatic rings. The predicted molar refractivity (Wildman–Crippen MR) is 116 cm³/mol. The molecule has 0 aliphatic carbocycles. The summed E-state index contributed by atoms with van der Waals surface area (Å²) in [5, 5.41) is 15.3. The lowest BCUT2D eigenvalue weighted by molar-refractivity contribution is -0.118. The van der Waals surface area contributed by atoms with Gasteiger partial charge in [-0.25, -0.2) is 0 Å². The maximum atomic E-state index is 13.2. The summed E-state index contributed by atoms with van der Waals surface area (Å²) in [4.78, 5) is 26.0. The Labute approximate surface area is 175 Å². The van der Waals surface area contributed by atoms with Crippen molar-refractivity contribution in [1.82, 2.24) is 5.32 Å². The van der Waals surface area contributed by atoms with Gasteiger partial charge >= 0.3 is 0 Å². The standard InChI is InChI=1S/C24H24N2O4/c1-15-5-4-6-16(2)21(15)25-24(29)22(17-7-11-19(27)12-8-17)26-23(28)18-9-13-20(30-3)14-10-18/h4-14,22,27H,1-3H3,(H,25,29)(H,26,28). The molecule has 3 N–H and O–H groups in total. The van der Waals surface area contributed by atoms with Crippen LogP contribution in [0.15, 0.2) is 66.7 Å². The van der Waals surface area contributed by atoms with Crippen LogP contribution in [0.3, 0.4) is 0 Å². The lowest BCUT2D eigenvalue weighted by Gasteiger charge is -2.21. The number of phenolic OH excluding ortho intramolecular Hbond substituents is 1. The summed E-state index contributed by atoms with van der Waals surface area (Å²) in [6.07, 6.45) is 0. The molecule has 1 unspecified atom stereocenters. The lowest BCUT2D eigenvalue weighted by atomic mass is 10.0. The molecule has 0 aliphatic heterocycles. The molecule has 1 atom stereocenters. The number of amides is 2. The molecule has 30 heavy (non-hydrogen) atoms. The molecule has 3 rings (SSSR count). The summed E-state index contributed by atoms with van der Waals surface area (Å²) < 4.78 is 5.12. The van der Waals surface area contributed by atoms with Gasteiger partial charge in [0.1, 0.15) is 17.5 Å². The first-order chi connectivity index (χ1) is 14.4. The highest BCUT2D eigenvalue weighted by Crippen LogP contribution is 2.24. The molecule has 0 bridgehead atoms. The number of rotatable bonds is 6. The summed E-state index contributed by atoms with van der Waals surface area (Å²) in [7, 11) is 1.55. The van der Waals surface area contributed by atoms with E-state index in [0.29, 0.717) is 22.6 Å². The fourth-order valence-electron chi connectivity index (χ4n) is 3.13. The Morgan fingerprint density at radius 1 is 0.900 bits per heavy atom. The van der Waals surface area contributed by atoms with Crippen molar-refractivity contribution in [1.29, 1.82) is 0 Å². The van der Waals surface area contributed by atoms with Crippen molar-refractivity contribution in [3.63, 3.8) is 0 Å².